The molecule has 0 rings (SSSR count). The van der Waals surface area contributed by atoms with Gasteiger partial charge in [0.25, 0.3) is 0 Å². The summed E-state index contributed by atoms with van der Waals surface area (Å²) in [6, 6.07) is 0. The van der Waals surface area contributed by atoms with Crippen molar-refractivity contribution in [2.45, 2.75) is 41.0 Å². The third kappa shape index (κ3) is 1.92. The van der Waals surface area contributed by atoms with Gasteiger partial charge in [-0.3, -0.25) is 0 Å². The largest absolute Gasteiger partial charge is 0.105 e. The van der Waals surface area contributed by atoms with Gasteiger partial charge in [0.1, 0.15) is 5.41 Å². The van der Waals surface area contributed by atoms with Crippen LogP contribution in [0.3, 0.4) is 0 Å². The molecule has 0 heterocycles. The second-order valence-corrected chi connectivity index (χ2v) is 4.12. The fourth-order valence-corrected chi connectivity index (χ4v) is 0.479. The average molecular weight is 127 g/mol. The fourth-order valence-electron chi connectivity index (χ4n) is 0.479. The molecule has 0 aromatic heterocycles. The van der Waals surface area contributed by atoms with Gasteiger partial charge in [0.2, 0.25) is 0 Å². The Morgan fingerprint density at radius 2 is 1.44 bits per heavy atom. The maximum absolute atomic E-state index is 4.11. The van der Waals surface area contributed by atoms with E-state index in [1.54, 1.807) is 0 Å². The van der Waals surface area contributed by atoms with Crippen molar-refractivity contribution in [1.29, 1.82) is 0 Å². The van der Waals surface area contributed by atoms with Gasteiger partial charge in [0.05, 0.1) is 6.92 Å². The minimum absolute atomic E-state index is 0.196. The lowest BCUT2D eigenvalue weighted by atomic mass is 9.68. The molecular weight excluding hydrogens is 108 g/mol. The third-order valence-electron chi connectivity index (χ3n) is 2.72. The summed E-state index contributed by atoms with van der Waals surface area (Å²) in [5.74, 6) is 0. The van der Waals surface area contributed by atoms with Gasteiger partial charge in [-0.2, -0.15) is 0 Å². The molecule has 0 bridgehead atoms. The second-order valence-electron chi connectivity index (χ2n) is 4.12. The van der Waals surface area contributed by atoms with Gasteiger partial charge in [0.15, 0.2) is 0 Å². The molecule has 0 aromatic carbocycles. The highest BCUT2D eigenvalue weighted by molar-refractivity contribution is 4.86. The van der Waals surface area contributed by atoms with Crippen LogP contribution in [0.1, 0.15) is 41.0 Å². The Balaban J connectivity index is 4.14. The first-order valence-corrected chi connectivity index (χ1v) is 3.66. The maximum Gasteiger partial charge on any atom is 0.105 e. The van der Waals surface area contributed by atoms with E-state index in [9.17, 15) is 0 Å². The van der Waals surface area contributed by atoms with E-state index >= 15 is 0 Å². The zero-order valence-electron chi connectivity index (χ0n) is 7.41. The molecule has 0 N–H and O–H groups in total. The molecule has 0 aliphatic heterocycles. The summed E-state index contributed by atoms with van der Waals surface area (Å²) in [5, 5.41) is 0. The minimum atomic E-state index is 0.196. The third-order valence-corrected chi connectivity index (χ3v) is 2.72. The fraction of sp³-hybridized carbons (Fsp3) is 0.889. The lowest BCUT2D eigenvalue weighted by Crippen LogP contribution is -2.28. The van der Waals surface area contributed by atoms with Crippen molar-refractivity contribution in [2.75, 3.05) is 0 Å². The SMILES string of the molecule is [CH2+]C(C)(C)C(C)(C)CC. The summed E-state index contributed by atoms with van der Waals surface area (Å²) < 4.78 is 0. The standard InChI is InChI=1S/C9H19/c1-7-9(5,6)8(2,3)4/h2,7H2,1,3-6H3/q+1. The van der Waals surface area contributed by atoms with Crippen LogP contribution >= 0.6 is 0 Å². The molecule has 0 atom stereocenters. The highest BCUT2D eigenvalue weighted by Gasteiger charge is 2.36. The van der Waals surface area contributed by atoms with E-state index in [0.29, 0.717) is 5.41 Å². The second kappa shape index (κ2) is 2.24. The molecular formula is C9H19+. The van der Waals surface area contributed by atoms with Crippen molar-refractivity contribution in [3.05, 3.63) is 6.92 Å². The molecule has 0 heteroatoms. The normalized spacial score (nSPS) is 13.9. The smallest absolute Gasteiger partial charge is 0.0647 e. The van der Waals surface area contributed by atoms with E-state index in [0.717, 1.165) is 0 Å². The molecule has 0 aliphatic carbocycles. The summed E-state index contributed by atoms with van der Waals surface area (Å²) in [4.78, 5) is 0. The van der Waals surface area contributed by atoms with Crippen LogP contribution < -0.4 is 0 Å². The minimum Gasteiger partial charge on any atom is -0.0647 e. The topological polar surface area (TPSA) is 0 Å². The van der Waals surface area contributed by atoms with Crippen LogP contribution in [0.5, 0.6) is 0 Å². The van der Waals surface area contributed by atoms with E-state index in [-0.39, 0.29) is 5.41 Å². The Labute approximate surface area is 59.7 Å². The van der Waals surface area contributed by atoms with Crippen LogP contribution in [0.25, 0.3) is 0 Å². The van der Waals surface area contributed by atoms with Gasteiger partial charge in [-0.25, -0.2) is 0 Å². The quantitative estimate of drug-likeness (QED) is 0.499. The van der Waals surface area contributed by atoms with Gasteiger partial charge in [-0.05, 0) is 20.3 Å². The molecule has 0 aromatic rings. The Kier molecular flexibility index (Phi) is 2.21. The lowest BCUT2D eigenvalue weighted by molar-refractivity contribution is 0.156. The predicted octanol–water partition coefficient (Wildman–Crippen LogP) is 3.28. The van der Waals surface area contributed by atoms with Crippen molar-refractivity contribution in [2.24, 2.45) is 10.8 Å². The number of hydrogen-bond acceptors (Lipinski definition) is 0. The summed E-state index contributed by atoms with van der Waals surface area (Å²) in [6.07, 6.45) is 1.20. The van der Waals surface area contributed by atoms with Gasteiger partial charge >= 0.3 is 0 Å². The van der Waals surface area contributed by atoms with E-state index in [1.807, 2.05) is 0 Å². The van der Waals surface area contributed by atoms with Crippen LogP contribution in [-0.2, 0) is 0 Å². The zero-order chi connectivity index (χ0) is 7.71. The van der Waals surface area contributed by atoms with Crippen LogP contribution in [0.2, 0.25) is 0 Å². The Bertz CT molecular complexity index is 82.7. The summed E-state index contributed by atoms with van der Waals surface area (Å²) in [5.41, 5.74) is 0.564. The van der Waals surface area contributed by atoms with Gasteiger partial charge in [-0.15, -0.1) is 0 Å². The highest BCUT2D eigenvalue weighted by atomic mass is 14.3. The van der Waals surface area contributed by atoms with E-state index < -0.39 is 0 Å². The Morgan fingerprint density at radius 1 is 1.11 bits per heavy atom. The highest BCUT2D eigenvalue weighted by Crippen LogP contribution is 2.39. The van der Waals surface area contributed by atoms with E-state index in [2.05, 4.69) is 41.5 Å². The van der Waals surface area contributed by atoms with Crippen molar-refractivity contribution in [3.63, 3.8) is 0 Å². The molecule has 0 saturated heterocycles. The van der Waals surface area contributed by atoms with Crippen LogP contribution in [0, 0.1) is 17.8 Å². The summed E-state index contributed by atoms with van der Waals surface area (Å²) >= 11 is 0. The molecule has 0 saturated carbocycles. The molecule has 0 radical (unpaired) electrons. The molecule has 0 nitrogen and oxygen atoms in total. The van der Waals surface area contributed by atoms with Crippen molar-refractivity contribution in [3.8, 4) is 0 Å². The van der Waals surface area contributed by atoms with Crippen molar-refractivity contribution < 1.29 is 0 Å². The van der Waals surface area contributed by atoms with Crippen LogP contribution in [0.15, 0.2) is 0 Å². The van der Waals surface area contributed by atoms with Crippen LogP contribution in [0.4, 0.5) is 0 Å². The van der Waals surface area contributed by atoms with Gasteiger partial charge < -0.3 is 0 Å². The zero-order valence-corrected chi connectivity index (χ0v) is 7.41. The first-order valence-electron chi connectivity index (χ1n) is 3.66. The average Bonchev–Trinajstić information content (AvgIpc) is 1.64. The Morgan fingerprint density at radius 3 is 1.44 bits per heavy atom. The van der Waals surface area contributed by atoms with Crippen molar-refractivity contribution in [1.82, 2.24) is 0 Å². The molecule has 0 amide bonds. The molecule has 9 heavy (non-hydrogen) atoms. The summed E-state index contributed by atoms with van der Waals surface area (Å²) in [6.45, 7) is 15.2. The maximum atomic E-state index is 4.11. The first kappa shape index (κ1) is 8.87. The monoisotopic (exact) mass is 127 g/mol. The van der Waals surface area contributed by atoms with Crippen LogP contribution in [-0.4, -0.2) is 0 Å². The van der Waals surface area contributed by atoms with Gasteiger partial charge in [0, 0.05) is 5.41 Å². The van der Waals surface area contributed by atoms with E-state index in [4.69, 9.17) is 0 Å². The van der Waals surface area contributed by atoms with Crippen molar-refractivity contribution >= 4 is 0 Å². The molecule has 0 aliphatic rings. The number of hydrogen-bond donors (Lipinski definition) is 0. The molecule has 0 fully saturated rings. The molecule has 0 unspecified atom stereocenters. The van der Waals surface area contributed by atoms with E-state index in [1.165, 1.54) is 6.42 Å². The molecule has 0 spiro atoms. The first-order chi connectivity index (χ1) is 3.81. The van der Waals surface area contributed by atoms with Gasteiger partial charge in [-0.1, -0.05) is 20.8 Å². The predicted molar refractivity (Wildman–Crippen MR) is 43.2 cm³/mol. The molecule has 54 valence electrons. The lowest BCUT2D eigenvalue weighted by Gasteiger charge is -2.31. The number of rotatable bonds is 2. The summed E-state index contributed by atoms with van der Waals surface area (Å²) in [7, 11) is 0. The Hall–Kier alpha value is -0.130.